The largest absolute Gasteiger partial charge is 0.496 e. The van der Waals surface area contributed by atoms with E-state index in [0.29, 0.717) is 34.5 Å². The number of nitrogens with one attached hydrogen (secondary N) is 1. The number of aromatic nitrogens is 3. The standard InChI is InChI=1S/C25H23ClN4O3S/c1-16-11-13-17(14-12-16)15-30-25(28-24(26)29-30)34-21-10-5-4-7-18(21)27-23(31)22-19(32-2)8-6-9-20(22)33-3/h4-14H,15H2,1-3H3,(H,27,31). The molecule has 0 saturated carbocycles. The van der Waals surface area contributed by atoms with Crippen LogP contribution in [0.3, 0.4) is 0 Å². The fraction of sp³-hybridized carbons (Fsp3) is 0.160. The van der Waals surface area contributed by atoms with Crippen LogP contribution >= 0.6 is 23.4 Å². The van der Waals surface area contributed by atoms with Crippen LogP contribution in [0.25, 0.3) is 0 Å². The van der Waals surface area contributed by atoms with Gasteiger partial charge in [-0.3, -0.25) is 4.79 Å². The molecule has 4 aromatic rings. The summed E-state index contributed by atoms with van der Waals surface area (Å²) in [4.78, 5) is 18.4. The summed E-state index contributed by atoms with van der Waals surface area (Å²) in [7, 11) is 3.03. The van der Waals surface area contributed by atoms with E-state index in [1.165, 1.54) is 31.5 Å². The van der Waals surface area contributed by atoms with Gasteiger partial charge >= 0.3 is 0 Å². The minimum atomic E-state index is -0.346. The molecule has 1 N–H and O–H groups in total. The lowest BCUT2D eigenvalue weighted by atomic mass is 10.1. The Morgan fingerprint density at radius 1 is 1.00 bits per heavy atom. The van der Waals surface area contributed by atoms with Crippen molar-refractivity contribution in [1.29, 1.82) is 0 Å². The Labute approximate surface area is 207 Å². The molecule has 0 fully saturated rings. The SMILES string of the molecule is COc1cccc(OC)c1C(=O)Nc1ccccc1Sc1nc(Cl)nn1Cc1ccc(C)cc1. The fourth-order valence-electron chi connectivity index (χ4n) is 3.36. The molecule has 174 valence electrons. The molecule has 4 rings (SSSR count). The highest BCUT2D eigenvalue weighted by molar-refractivity contribution is 7.99. The van der Waals surface area contributed by atoms with Crippen molar-refractivity contribution in [2.45, 2.75) is 23.5 Å². The first-order chi connectivity index (χ1) is 16.5. The van der Waals surface area contributed by atoms with E-state index in [-0.39, 0.29) is 11.2 Å². The van der Waals surface area contributed by atoms with Crippen LogP contribution in [0.5, 0.6) is 11.5 Å². The van der Waals surface area contributed by atoms with E-state index in [1.54, 1.807) is 22.9 Å². The van der Waals surface area contributed by atoms with Gasteiger partial charge in [-0.05, 0) is 60.1 Å². The highest BCUT2D eigenvalue weighted by Gasteiger charge is 2.20. The molecular formula is C25H23ClN4O3S. The van der Waals surface area contributed by atoms with E-state index in [1.807, 2.05) is 43.3 Å². The first-order valence-electron chi connectivity index (χ1n) is 10.4. The monoisotopic (exact) mass is 494 g/mol. The van der Waals surface area contributed by atoms with Crippen LogP contribution in [0.1, 0.15) is 21.5 Å². The van der Waals surface area contributed by atoms with E-state index in [0.717, 1.165) is 10.5 Å². The lowest BCUT2D eigenvalue weighted by Crippen LogP contribution is -2.15. The van der Waals surface area contributed by atoms with Crippen LogP contribution in [0.2, 0.25) is 5.28 Å². The summed E-state index contributed by atoms with van der Waals surface area (Å²) in [6.45, 7) is 2.57. The summed E-state index contributed by atoms with van der Waals surface area (Å²) >= 11 is 7.51. The van der Waals surface area contributed by atoms with Crippen LogP contribution in [0, 0.1) is 6.92 Å². The molecule has 0 saturated heterocycles. The molecule has 0 bridgehead atoms. The average molecular weight is 495 g/mol. The Balaban J connectivity index is 1.60. The number of methoxy groups -OCH3 is 2. The number of carbonyl (C=O) groups is 1. The zero-order valence-corrected chi connectivity index (χ0v) is 20.5. The molecule has 0 aliphatic rings. The van der Waals surface area contributed by atoms with Crippen LogP contribution in [0.15, 0.2) is 76.8 Å². The number of para-hydroxylation sites is 1. The number of aryl methyl sites for hydroxylation is 1. The van der Waals surface area contributed by atoms with Crippen LogP contribution in [-0.2, 0) is 6.54 Å². The fourth-order valence-corrected chi connectivity index (χ4v) is 4.50. The maximum absolute atomic E-state index is 13.2. The molecule has 9 heteroatoms. The van der Waals surface area contributed by atoms with Crippen molar-refractivity contribution in [3.05, 3.63) is 88.7 Å². The van der Waals surface area contributed by atoms with E-state index in [4.69, 9.17) is 21.1 Å². The van der Waals surface area contributed by atoms with Crippen molar-refractivity contribution in [3.8, 4) is 11.5 Å². The molecule has 0 radical (unpaired) electrons. The molecule has 0 aliphatic heterocycles. The van der Waals surface area contributed by atoms with Crippen molar-refractivity contribution in [3.63, 3.8) is 0 Å². The number of carbonyl (C=O) groups excluding carboxylic acids is 1. The Kier molecular flexibility index (Phi) is 7.40. The van der Waals surface area contributed by atoms with Crippen molar-refractivity contribution >= 4 is 35.0 Å². The maximum Gasteiger partial charge on any atom is 0.263 e. The Morgan fingerprint density at radius 3 is 2.35 bits per heavy atom. The smallest absolute Gasteiger partial charge is 0.263 e. The van der Waals surface area contributed by atoms with E-state index in [2.05, 4.69) is 27.5 Å². The van der Waals surface area contributed by atoms with Crippen LogP contribution < -0.4 is 14.8 Å². The van der Waals surface area contributed by atoms with Gasteiger partial charge < -0.3 is 14.8 Å². The molecular weight excluding hydrogens is 472 g/mol. The molecule has 1 heterocycles. The van der Waals surface area contributed by atoms with E-state index >= 15 is 0 Å². The highest BCUT2D eigenvalue weighted by Crippen LogP contribution is 2.35. The Bertz CT molecular complexity index is 1290. The second-order valence-corrected chi connectivity index (χ2v) is 8.74. The molecule has 3 aromatic carbocycles. The normalized spacial score (nSPS) is 10.7. The van der Waals surface area contributed by atoms with Gasteiger partial charge in [-0.2, -0.15) is 4.98 Å². The predicted octanol–water partition coefficient (Wildman–Crippen LogP) is 5.71. The minimum absolute atomic E-state index is 0.162. The van der Waals surface area contributed by atoms with Gasteiger partial charge in [-0.15, -0.1) is 5.10 Å². The predicted molar refractivity (Wildman–Crippen MR) is 133 cm³/mol. The first kappa shape index (κ1) is 23.7. The Hall–Kier alpha value is -3.49. The third-order valence-electron chi connectivity index (χ3n) is 5.06. The average Bonchev–Trinajstić information content (AvgIpc) is 3.19. The summed E-state index contributed by atoms with van der Waals surface area (Å²) in [5.74, 6) is 0.500. The zero-order valence-electron chi connectivity index (χ0n) is 18.9. The van der Waals surface area contributed by atoms with Crippen LogP contribution in [-0.4, -0.2) is 34.9 Å². The molecule has 0 unspecified atom stereocenters. The summed E-state index contributed by atoms with van der Waals surface area (Å²) in [6.07, 6.45) is 0. The minimum Gasteiger partial charge on any atom is -0.496 e. The van der Waals surface area contributed by atoms with E-state index < -0.39 is 0 Å². The number of ether oxygens (including phenoxy) is 2. The van der Waals surface area contributed by atoms with Gasteiger partial charge in [-0.1, -0.05) is 48.0 Å². The van der Waals surface area contributed by atoms with Gasteiger partial charge in [0.1, 0.15) is 17.1 Å². The molecule has 0 spiro atoms. The first-order valence-corrected chi connectivity index (χ1v) is 11.6. The lowest BCUT2D eigenvalue weighted by Gasteiger charge is -2.15. The van der Waals surface area contributed by atoms with E-state index in [9.17, 15) is 4.79 Å². The highest BCUT2D eigenvalue weighted by atomic mass is 35.5. The number of rotatable bonds is 8. The number of halogens is 1. The van der Waals surface area contributed by atoms with Crippen molar-refractivity contribution in [2.75, 3.05) is 19.5 Å². The topological polar surface area (TPSA) is 78.3 Å². The van der Waals surface area contributed by atoms with Gasteiger partial charge in [0.05, 0.1) is 26.5 Å². The van der Waals surface area contributed by atoms with Gasteiger partial charge in [0.15, 0.2) is 5.16 Å². The number of benzene rings is 3. The summed E-state index contributed by atoms with van der Waals surface area (Å²) in [5.41, 5.74) is 3.20. The molecule has 7 nitrogen and oxygen atoms in total. The summed E-state index contributed by atoms with van der Waals surface area (Å²) < 4.78 is 12.5. The van der Waals surface area contributed by atoms with Gasteiger partial charge in [-0.25, -0.2) is 4.68 Å². The lowest BCUT2D eigenvalue weighted by molar-refractivity contribution is 0.102. The summed E-state index contributed by atoms with van der Waals surface area (Å²) in [5, 5.41) is 8.08. The number of nitrogens with zero attached hydrogens (tertiary/aromatic N) is 3. The van der Waals surface area contributed by atoms with Crippen LogP contribution in [0.4, 0.5) is 5.69 Å². The van der Waals surface area contributed by atoms with Crippen molar-refractivity contribution in [2.24, 2.45) is 0 Å². The third kappa shape index (κ3) is 5.35. The van der Waals surface area contributed by atoms with Gasteiger partial charge in [0.25, 0.3) is 5.91 Å². The molecule has 0 aliphatic carbocycles. The molecule has 1 amide bonds. The number of hydrogen-bond donors (Lipinski definition) is 1. The third-order valence-corrected chi connectivity index (χ3v) is 6.28. The second kappa shape index (κ2) is 10.6. The summed E-state index contributed by atoms with van der Waals surface area (Å²) in [6, 6.07) is 20.9. The second-order valence-electron chi connectivity index (χ2n) is 7.40. The van der Waals surface area contributed by atoms with Crippen molar-refractivity contribution < 1.29 is 14.3 Å². The van der Waals surface area contributed by atoms with Gasteiger partial charge in [0.2, 0.25) is 5.28 Å². The van der Waals surface area contributed by atoms with Gasteiger partial charge in [0, 0.05) is 4.90 Å². The maximum atomic E-state index is 13.2. The number of amides is 1. The molecule has 34 heavy (non-hydrogen) atoms. The molecule has 1 aromatic heterocycles. The molecule has 0 atom stereocenters. The Morgan fingerprint density at radius 2 is 1.68 bits per heavy atom. The number of hydrogen-bond acceptors (Lipinski definition) is 6. The van der Waals surface area contributed by atoms with Crippen molar-refractivity contribution in [1.82, 2.24) is 14.8 Å². The number of anilines is 1. The zero-order chi connectivity index (χ0) is 24.1. The quantitative estimate of drug-likeness (QED) is 0.338.